The van der Waals surface area contributed by atoms with Crippen LogP contribution in [0, 0.1) is 18.3 Å². The van der Waals surface area contributed by atoms with Crippen LogP contribution in [-0.2, 0) is 14.8 Å². The lowest BCUT2D eigenvalue weighted by molar-refractivity contribution is -0.121. The van der Waals surface area contributed by atoms with E-state index in [9.17, 15) is 13.2 Å². The second-order valence-electron chi connectivity index (χ2n) is 4.70. The number of likely N-dealkylation sites (N-methyl/N-ethyl adjacent to an activating group) is 1. The summed E-state index contributed by atoms with van der Waals surface area (Å²) in [6, 6.07) is 6.37. The Kier molecular flexibility index (Phi) is 5.88. The van der Waals surface area contributed by atoms with Gasteiger partial charge in [-0.2, -0.15) is 9.57 Å². The van der Waals surface area contributed by atoms with Crippen LogP contribution in [0.15, 0.2) is 23.1 Å². The van der Waals surface area contributed by atoms with E-state index in [0.29, 0.717) is 12.1 Å². The van der Waals surface area contributed by atoms with Crippen molar-refractivity contribution in [3.63, 3.8) is 0 Å². The minimum Gasteiger partial charge on any atom is -0.355 e. The van der Waals surface area contributed by atoms with Crippen LogP contribution in [0.4, 0.5) is 0 Å². The molecule has 0 aromatic heterocycles. The van der Waals surface area contributed by atoms with Crippen LogP contribution in [0.25, 0.3) is 0 Å². The van der Waals surface area contributed by atoms with Crippen LogP contribution >= 0.6 is 0 Å². The smallest absolute Gasteiger partial charge is 0.243 e. The molecule has 1 rings (SSSR count). The van der Waals surface area contributed by atoms with Crippen molar-refractivity contribution in [1.82, 2.24) is 9.62 Å². The largest absolute Gasteiger partial charge is 0.355 e. The molecule has 1 aromatic rings. The molecule has 0 heterocycles. The van der Waals surface area contributed by atoms with Gasteiger partial charge < -0.3 is 5.32 Å². The van der Waals surface area contributed by atoms with Crippen molar-refractivity contribution in [2.75, 3.05) is 20.1 Å². The molecule has 0 radical (unpaired) electrons. The van der Waals surface area contributed by atoms with E-state index in [0.717, 1.165) is 10.7 Å². The van der Waals surface area contributed by atoms with E-state index in [1.165, 1.54) is 13.1 Å². The number of nitriles is 1. The van der Waals surface area contributed by atoms with E-state index in [2.05, 4.69) is 5.32 Å². The lowest BCUT2D eigenvalue weighted by Gasteiger charge is -2.18. The summed E-state index contributed by atoms with van der Waals surface area (Å²) in [5.74, 6) is -0.350. The summed E-state index contributed by atoms with van der Waals surface area (Å²) in [6.07, 6.45) is 0.783. The molecular weight excluding hydrogens is 290 g/mol. The molecule has 1 aromatic carbocycles. The van der Waals surface area contributed by atoms with Gasteiger partial charge in [-0.15, -0.1) is 0 Å². The molecule has 0 fully saturated rings. The number of carbonyl (C=O) groups excluding carboxylic acids is 1. The summed E-state index contributed by atoms with van der Waals surface area (Å²) < 4.78 is 25.9. The number of benzene rings is 1. The fourth-order valence-electron chi connectivity index (χ4n) is 1.72. The molecule has 6 nitrogen and oxygen atoms in total. The van der Waals surface area contributed by atoms with Gasteiger partial charge in [0, 0.05) is 13.6 Å². The number of amides is 1. The Morgan fingerprint density at radius 1 is 1.43 bits per heavy atom. The highest BCUT2D eigenvalue weighted by atomic mass is 32.2. The molecule has 0 aliphatic carbocycles. The highest BCUT2D eigenvalue weighted by Gasteiger charge is 2.24. The second kappa shape index (κ2) is 7.20. The quantitative estimate of drug-likeness (QED) is 0.849. The van der Waals surface area contributed by atoms with E-state index >= 15 is 0 Å². The van der Waals surface area contributed by atoms with Gasteiger partial charge in [0.15, 0.2) is 0 Å². The first-order valence-corrected chi connectivity index (χ1v) is 8.00. The molecule has 0 atom stereocenters. The molecule has 114 valence electrons. The summed E-state index contributed by atoms with van der Waals surface area (Å²) in [5.41, 5.74) is 0.804. The van der Waals surface area contributed by atoms with Gasteiger partial charge in [-0.3, -0.25) is 4.79 Å². The van der Waals surface area contributed by atoms with Gasteiger partial charge in [0.1, 0.15) is 0 Å². The molecule has 0 aliphatic rings. The molecule has 1 amide bonds. The van der Waals surface area contributed by atoms with Crippen molar-refractivity contribution in [3.05, 3.63) is 29.3 Å². The maximum Gasteiger partial charge on any atom is 0.243 e. The van der Waals surface area contributed by atoms with E-state index in [-0.39, 0.29) is 22.9 Å². The SMILES string of the molecule is CCCNC(=O)CN(C)S(=O)(=O)c1cc(C#N)ccc1C. The van der Waals surface area contributed by atoms with Crippen LogP contribution in [-0.4, -0.2) is 38.8 Å². The third-order valence-corrected chi connectivity index (χ3v) is 4.89. The molecule has 0 bridgehead atoms. The monoisotopic (exact) mass is 309 g/mol. The zero-order valence-electron chi connectivity index (χ0n) is 12.4. The average Bonchev–Trinajstić information content (AvgIpc) is 2.45. The summed E-state index contributed by atoms with van der Waals surface area (Å²) >= 11 is 0. The van der Waals surface area contributed by atoms with Crippen molar-refractivity contribution in [2.24, 2.45) is 0 Å². The molecule has 21 heavy (non-hydrogen) atoms. The van der Waals surface area contributed by atoms with E-state index in [1.54, 1.807) is 19.1 Å². The number of hydrogen-bond donors (Lipinski definition) is 1. The normalized spacial score (nSPS) is 11.2. The van der Waals surface area contributed by atoms with E-state index in [4.69, 9.17) is 5.26 Å². The predicted molar refractivity (Wildman–Crippen MR) is 79.0 cm³/mol. The Hall–Kier alpha value is -1.91. The van der Waals surface area contributed by atoms with Gasteiger partial charge in [-0.1, -0.05) is 13.0 Å². The first kappa shape index (κ1) is 17.1. The topological polar surface area (TPSA) is 90.3 Å². The lowest BCUT2D eigenvalue weighted by Crippen LogP contribution is -2.38. The predicted octanol–water partition coefficient (Wildman–Crippen LogP) is 1.01. The average molecular weight is 309 g/mol. The highest BCUT2D eigenvalue weighted by Crippen LogP contribution is 2.20. The number of carbonyl (C=O) groups is 1. The third kappa shape index (κ3) is 4.28. The minimum absolute atomic E-state index is 0.0485. The maximum absolute atomic E-state index is 12.5. The van der Waals surface area contributed by atoms with Crippen molar-refractivity contribution in [2.45, 2.75) is 25.2 Å². The van der Waals surface area contributed by atoms with Crippen molar-refractivity contribution in [3.8, 4) is 6.07 Å². The summed E-state index contributed by atoms with van der Waals surface area (Å²) in [7, 11) is -2.45. The standard InChI is InChI=1S/C14H19N3O3S/c1-4-7-16-14(18)10-17(3)21(19,20)13-8-12(9-15)6-5-11(13)2/h5-6,8H,4,7,10H2,1-3H3,(H,16,18). The first-order chi connectivity index (χ1) is 9.82. The Bertz CT molecular complexity index is 663. The van der Waals surface area contributed by atoms with Gasteiger partial charge in [0.05, 0.1) is 23.1 Å². The third-order valence-electron chi connectivity index (χ3n) is 2.94. The number of nitrogens with one attached hydrogen (secondary N) is 1. The zero-order chi connectivity index (χ0) is 16.0. The molecule has 0 saturated carbocycles. The molecule has 0 unspecified atom stereocenters. The Morgan fingerprint density at radius 3 is 2.67 bits per heavy atom. The van der Waals surface area contributed by atoms with Gasteiger partial charge in [-0.05, 0) is 31.0 Å². The Balaban J connectivity index is 3.00. The van der Waals surface area contributed by atoms with Crippen molar-refractivity contribution >= 4 is 15.9 Å². The first-order valence-electron chi connectivity index (χ1n) is 6.56. The van der Waals surface area contributed by atoms with Gasteiger partial charge in [-0.25, -0.2) is 8.42 Å². The van der Waals surface area contributed by atoms with Gasteiger partial charge in [0.2, 0.25) is 15.9 Å². The fourth-order valence-corrected chi connectivity index (χ4v) is 3.10. The zero-order valence-corrected chi connectivity index (χ0v) is 13.2. The van der Waals surface area contributed by atoms with Gasteiger partial charge >= 0.3 is 0 Å². The number of sulfonamides is 1. The Morgan fingerprint density at radius 2 is 2.10 bits per heavy atom. The Labute approximate surface area is 125 Å². The molecule has 0 aliphatic heterocycles. The lowest BCUT2D eigenvalue weighted by atomic mass is 10.2. The van der Waals surface area contributed by atoms with Gasteiger partial charge in [0.25, 0.3) is 0 Å². The maximum atomic E-state index is 12.5. The summed E-state index contributed by atoms with van der Waals surface area (Å²) in [4.78, 5) is 11.7. The number of hydrogen-bond acceptors (Lipinski definition) is 4. The molecule has 7 heteroatoms. The van der Waals surface area contributed by atoms with Crippen LogP contribution in [0.2, 0.25) is 0 Å². The minimum atomic E-state index is -3.80. The van der Waals surface area contributed by atoms with E-state index < -0.39 is 10.0 Å². The summed E-state index contributed by atoms with van der Waals surface area (Å²) in [6.45, 7) is 3.82. The van der Waals surface area contributed by atoms with Crippen LogP contribution < -0.4 is 5.32 Å². The van der Waals surface area contributed by atoms with E-state index in [1.807, 2.05) is 13.0 Å². The molecular formula is C14H19N3O3S. The van der Waals surface area contributed by atoms with Crippen LogP contribution in [0.3, 0.4) is 0 Å². The molecule has 0 saturated heterocycles. The highest BCUT2D eigenvalue weighted by molar-refractivity contribution is 7.89. The van der Waals surface area contributed by atoms with Crippen LogP contribution in [0.1, 0.15) is 24.5 Å². The molecule has 0 spiro atoms. The van der Waals surface area contributed by atoms with Crippen LogP contribution in [0.5, 0.6) is 0 Å². The number of aryl methyl sites for hydroxylation is 1. The second-order valence-corrected chi connectivity index (χ2v) is 6.72. The number of nitrogens with zero attached hydrogens (tertiary/aromatic N) is 2. The fraction of sp³-hybridized carbons (Fsp3) is 0.429. The number of rotatable bonds is 6. The van der Waals surface area contributed by atoms with Crippen molar-refractivity contribution in [1.29, 1.82) is 5.26 Å². The molecule has 1 N–H and O–H groups in total. The van der Waals surface area contributed by atoms with Crippen molar-refractivity contribution < 1.29 is 13.2 Å². The summed E-state index contributed by atoms with van der Waals surface area (Å²) in [5, 5.41) is 11.5.